The minimum absolute atomic E-state index is 0.130. The van der Waals surface area contributed by atoms with Gasteiger partial charge in [-0.15, -0.1) is 23.2 Å². The number of benzene rings is 1. The molecule has 0 bridgehead atoms. The summed E-state index contributed by atoms with van der Waals surface area (Å²) < 4.78 is 0. The maximum absolute atomic E-state index is 11.9. The first-order valence-corrected chi connectivity index (χ1v) is 6.96. The summed E-state index contributed by atoms with van der Waals surface area (Å²) in [5.41, 5.74) is 0.493. The van der Waals surface area contributed by atoms with E-state index >= 15 is 0 Å². The van der Waals surface area contributed by atoms with E-state index in [-0.39, 0.29) is 5.78 Å². The zero-order valence-corrected chi connectivity index (χ0v) is 12.0. The fraction of sp³-hybridized carbons (Fsp3) is 0.308. The largest absolute Gasteiger partial charge is 0.375 e. The Morgan fingerprint density at radius 3 is 2.33 bits per heavy atom. The van der Waals surface area contributed by atoms with Crippen molar-refractivity contribution in [2.45, 2.75) is 0 Å². The van der Waals surface area contributed by atoms with Gasteiger partial charge < -0.3 is 4.90 Å². The molecule has 0 saturated heterocycles. The summed E-state index contributed by atoms with van der Waals surface area (Å²) in [4.78, 5) is 13.8. The maximum Gasteiger partial charge on any atom is 0.188 e. The molecule has 0 spiro atoms. The van der Waals surface area contributed by atoms with Crippen LogP contribution in [0.4, 0.5) is 0 Å². The van der Waals surface area contributed by atoms with Gasteiger partial charge >= 0.3 is 0 Å². The van der Waals surface area contributed by atoms with Crippen molar-refractivity contribution in [1.82, 2.24) is 4.90 Å². The summed E-state index contributed by atoms with van der Waals surface area (Å²) in [6.45, 7) is 1.31. The van der Waals surface area contributed by atoms with Crippen LogP contribution < -0.4 is 0 Å². The van der Waals surface area contributed by atoms with Crippen molar-refractivity contribution >= 4 is 40.6 Å². The first kappa shape index (κ1) is 15.4. The second-order valence-corrected chi connectivity index (χ2v) is 4.74. The summed E-state index contributed by atoms with van der Waals surface area (Å²) in [7, 11) is 0. The van der Waals surface area contributed by atoms with Crippen LogP contribution in [0, 0.1) is 0 Å². The molecule has 5 heteroatoms. The average Bonchev–Trinajstić information content (AvgIpc) is 2.36. The van der Waals surface area contributed by atoms with Crippen molar-refractivity contribution in [3.63, 3.8) is 0 Å². The number of halogens is 3. The number of carbonyl (C=O) groups excluding carboxylic acids is 1. The standard InChI is InChI=1S/C13H14Cl3NO/c14-6-9-17(10-7-15)8-5-13(18)11-3-1-2-4-12(11)16/h1-5,8H,6-7,9-10H2/b8-5+. The quantitative estimate of drug-likeness (QED) is 0.434. The van der Waals surface area contributed by atoms with Crippen LogP contribution >= 0.6 is 34.8 Å². The highest BCUT2D eigenvalue weighted by Crippen LogP contribution is 2.15. The highest BCUT2D eigenvalue weighted by atomic mass is 35.5. The molecular weight excluding hydrogens is 293 g/mol. The van der Waals surface area contributed by atoms with Gasteiger partial charge in [0, 0.05) is 42.7 Å². The minimum atomic E-state index is -0.130. The molecule has 2 nitrogen and oxygen atoms in total. The third-order valence-electron chi connectivity index (χ3n) is 2.32. The molecule has 0 aliphatic carbocycles. The van der Waals surface area contributed by atoms with Gasteiger partial charge in [0.1, 0.15) is 0 Å². The lowest BCUT2D eigenvalue weighted by Crippen LogP contribution is -2.22. The molecule has 98 valence electrons. The molecule has 0 radical (unpaired) electrons. The van der Waals surface area contributed by atoms with Crippen LogP contribution in [-0.2, 0) is 0 Å². The summed E-state index contributed by atoms with van der Waals surface area (Å²) in [5, 5.41) is 0.452. The lowest BCUT2D eigenvalue weighted by Gasteiger charge is -2.16. The smallest absolute Gasteiger partial charge is 0.188 e. The summed E-state index contributed by atoms with van der Waals surface area (Å²) in [5.74, 6) is 0.845. The molecule has 0 amide bonds. The molecule has 0 atom stereocenters. The van der Waals surface area contributed by atoms with Crippen molar-refractivity contribution in [2.24, 2.45) is 0 Å². The van der Waals surface area contributed by atoms with Gasteiger partial charge in [-0.1, -0.05) is 23.7 Å². The van der Waals surface area contributed by atoms with Crippen LogP contribution in [-0.4, -0.2) is 35.5 Å². The van der Waals surface area contributed by atoms with E-state index in [0.29, 0.717) is 35.4 Å². The molecule has 0 unspecified atom stereocenters. The summed E-state index contributed by atoms with van der Waals surface area (Å²) >= 11 is 17.3. The number of allylic oxidation sites excluding steroid dienone is 1. The number of hydrogen-bond acceptors (Lipinski definition) is 2. The number of carbonyl (C=O) groups is 1. The first-order valence-electron chi connectivity index (χ1n) is 5.52. The highest BCUT2D eigenvalue weighted by molar-refractivity contribution is 6.34. The fourth-order valence-corrected chi connectivity index (χ4v) is 2.06. The Morgan fingerprint density at radius 1 is 1.17 bits per heavy atom. The van der Waals surface area contributed by atoms with Crippen molar-refractivity contribution in [1.29, 1.82) is 0 Å². The van der Waals surface area contributed by atoms with Crippen LogP contribution in [0.25, 0.3) is 0 Å². The molecule has 0 aliphatic rings. The molecule has 0 N–H and O–H groups in total. The van der Waals surface area contributed by atoms with Gasteiger partial charge in [0.15, 0.2) is 5.78 Å². The number of ketones is 1. The number of alkyl halides is 2. The Labute approximate surface area is 122 Å². The lowest BCUT2D eigenvalue weighted by molar-refractivity contribution is 0.104. The molecule has 0 aliphatic heterocycles. The summed E-state index contributed by atoms with van der Waals surface area (Å²) in [6, 6.07) is 6.96. The Hall–Kier alpha value is -0.700. The predicted octanol–water partition coefficient (Wildman–Crippen LogP) is 3.82. The zero-order valence-electron chi connectivity index (χ0n) is 9.78. The predicted molar refractivity (Wildman–Crippen MR) is 77.9 cm³/mol. The minimum Gasteiger partial charge on any atom is -0.375 e. The van der Waals surface area contributed by atoms with Crippen molar-refractivity contribution in [3.8, 4) is 0 Å². The van der Waals surface area contributed by atoms with Gasteiger partial charge in [-0.2, -0.15) is 0 Å². The van der Waals surface area contributed by atoms with E-state index in [0.717, 1.165) is 0 Å². The zero-order chi connectivity index (χ0) is 13.4. The van der Waals surface area contributed by atoms with Crippen molar-refractivity contribution in [2.75, 3.05) is 24.8 Å². The molecule has 18 heavy (non-hydrogen) atoms. The van der Waals surface area contributed by atoms with Crippen LogP contribution in [0.15, 0.2) is 36.5 Å². The topological polar surface area (TPSA) is 20.3 Å². The molecule has 0 heterocycles. The van der Waals surface area contributed by atoms with E-state index in [1.165, 1.54) is 6.08 Å². The van der Waals surface area contributed by atoms with Crippen LogP contribution in [0.5, 0.6) is 0 Å². The Bertz CT molecular complexity index is 414. The van der Waals surface area contributed by atoms with Gasteiger partial charge in [-0.05, 0) is 12.1 Å². The Kier molecular flexibility index (Phi) is 7.18. The molecular formula is C13H14Cl3NO. The maximum atomic E-state index is 11.9. The van der Waals surface area contributed by atoms with E-state index in [1.54, 1.807) is 30.5 Å². The van der Waals surface area contributed by atoms with Gasteiger partial charge in [-0.25, -0.2) is 0 Å². The SMILES string of the molecule is O=C(/C=C/N(CCCl)CCCl)c1ccccc1Cl. The molecule has 1 aromatic carbocycles. The van der Waals surface area contributed by atoms with Gasteiger partial charge in [0.2, 0.25) is 0 Å². The van der Waals surface area contributed by atoms with E-state index < -0.39 is 0 Å². The van der Waals surface area contributed by atoms with Gasteiger partial charge in [-0.3, -0.25) is 4.79 Å². The van der Waals surface area contributed by atoms with Crippen LogP contribution in [0.3, 0.4) is 0 Å². The second-order valence-electron chi connectivity index (χ2n) is 3.57. The monoisotopic (exact) mass is 305 g/mol. The first-order chi connectivity index (χ1) is 8.69. The van der Waals surface area contributed by atoms with Crippen LogP contribution in [0.2, 0.25) is 5.02 Å². The Balaban J connectivity index is 2.71. The van der Waals surface area contributed by atoms with E-state index in [2.05, 4.69) is 0 Å². The average molecular weight is 307 g/mol. The van der Waals surface area contributed by atoms with Gasteiger partial charge in [0.05, 0.1) is 5.02 Å². The number of hydrogen-bond donors (Lipinski definition) is 0. The number of nitrogens with zero attached hydrogens (tertiary/aromatic N) is 1. The van der Waals surface area contributed by atoms with E-state index in [4.69, 9.17) is 34.8 Å². The molecule has 1 aromatic rings. The van der Waals surface area contributed by atoms with Gasteiger partial charge in [0.25, 0.3) is 0 Å². The Morgan fingerprint density at radius 2 is 1.78 bits per heavy atom. The third-order valence-corrected chi connectivity index (χ3v) is 2.99. The van der Waals surface area contributed by atoms with Crippen molar-refractivity contribution < 1.29 is 4.79 Å². The fourth-order valence-electron chi connectivity index (χ4n) is 1.40. The molecule has 1 rings (SSSR count). The molecule has 0 saturated carbocycles. The lowest BCUT2D eigenvalue weighted by atomic mass is 10.1. The third kappa shape index (κ3) is 4.89. The van der Waals surface area contributed by atoms with E-state index in [9.17, 15) is 4.79 Å². The normalized spacial score (nSPS) is 10.8. The summed E-state index contributed by atoms with van der Waals surface area (Å²) in [6.07, 6.45) is 3.19. The highest BCUT2D eigenvalue weighted by Gasteiger charge is 2.06. The molecule has 0 aromatic heterocycles. The van der Waals surface area contributed by atoms with E-state index in [1.807, 2.05) is 4.90 Å². The number of rotatable bonds is 7. The second kappa shape index (κ2) is 8.41. The van der Waals surface area contributed by atoms with Crippen molar-refractivity contribution in [3.05, 3.63) is 47.1 Å². The molecule has 0 fully saturated rings. The van der Waals surface area contributed by atoms with Crippen LogP contribution in [0.1, 0.15) is 10.4 Å².